The van der Waals surface area contributed by atoms with Crippen molar-refractivity contribution in [1.82, 2.24) is 0 Å². The molecule has 0 N–H and O–H groups in total. The molecule has 2 rings (SSSR count). The minimum atomic E-state index is 0. The molecule has 0 saturated carbocycles. The van der Waals surface area contributed by atoms with E-state index in [1.807, 2.05) is 36.4 Å². The molecular weight excluding hydrogens is 475 g/mol. The molecule has 2 aromatic carbocycles. The van der Waals surface area contributed by atoms with Gasteiger partial charge in [-0.05, 0) is 17.7 Å². The van der Waals surface area contributed by atoms with Crippen LogP contribution in [0, 0.1) is 13.0 Å². The molecule has 0 fully saturated rings. The molecule has 0 aliphatic carbocycles. The Morgan fingerprint density at radius 3 is 2.29 bits per heavy atom. The summed E-state index contributed by atoms with van der Waals surface area (Å²) >= 11 is 11.9. The Morgan fingerprint density at radius 1 is 1.14 bits per heavy atom. The number of ether oxygens (including phenoxy) is 1. The fraction of sp³-hybridized carbons (Fsp3) is 0.235. The van der Waals surface area contributed by atoms with Crippen LogP contribution < -0.4 is 0 Å². The predicted octanol–water partition coefficient (Wildman–Crippen LogP) is 5.71. The van der Waals surface area contributed by atoms with Crippen molar-refractivity contribution >= 4 is 23.2 Å². The zero-order valence-electron chi connectivity index (χ0n) is 11.9. The summed E-state index contributed by atoms with van der Waals surface area (Å²) in [5.41, 5.74) is 2.07. The molecule has 0 spiro atoms. The Kier molecular flexibility index (Phi) is 12.0. The standard InChI is InChI=1S/C12H7Cl2.C5H11O.W/c13-10-6-7-11(12(14)8-10)9-4-2-1-3-5-9;1-3-4-5-6-2;/h2-8H;1,3-5H2,2H3;/q2*-1;+2. The fourth-order valence-electron chi connectivity index (χ4n) is 1.54. The summed E-state index contributed by atoms with van der Waals surface area (Å²) in [5, 5.41) is 1.32. The molecule has 4 heteroatoms. The number of methoxy groups -OCH3 is 1. The number of hydrogen-bond donors (Lipinski definition) is 0. The second-order valence-corrected chi connectivity index (χ2v) is 4.96. The first-order valence-corrected chi connectivity index (χ1v) is 7.14. The van der Waals surface area contributed by atoms with Gasteiger partial charge in [0.05, 0.1) is 0 Å². The molecular formula is C17H18Cl2OW. The van der Waals surface area contributed by atoms with E-state index < -0.39 is 0 Å². The van der Waals surface area contributed by atoms with Crippen molar-refractivity contribution in [2.45, 2.75) is 12.8 Å². The second kappa shape index (κ2) is 12.2. The molecule has 0 unspecified atom stereocenters. The van der Waals surface area contributed by atoms with Gasteiger partial charge < -0.3 is 11.7 Å². The molecule has 0 aliphatic heterocycles. The van der Waals surface area contributed by atoms with Crippen LogP contribution in [0.1, 0.15) is 12.8 Å². The Bertz CT molecular complexity index is 499. The third kappa shape index (κ3) is 8.02. The van der Waals surface area contributed by atoms with E-state index in [0.717, 1.165) is 30.6 Å². The van der Waals surface area contributed by atoms with Crippen LogP contribution in [0.2, 0.25) is 10.0 Å². The quantitative estimate of drug-likeness (QED) is 0.392. The Labute approximate surface area is 151 Å². The summed E-state index contributed by atoms with van der Waals surface area (Å²) in [6.45, 7) is 4.49. The zero-order chi connectivity index (χ0) is 14.8. The third-order valence-electron chi connectivity index (χ3n) is 2.56. The normalized spacial score (nSPS) is 9.33. The molecule has 0 saturated heterocycles. The first-order chi connectivity index (χ1) is 9.69. The summed E-state index contributed by atoms with van der Waals surface area (Å²) < 4.78 is 4.74. The van der Waals surface area contributed by atoms with Gasteiger partial charge in [-0.15, -0.1) is 5.56 Å². The fourth-order valence-corrected chi connectivity index (χ4v) is 2.05. The van der Waals surface area contributed by atoms with Crippen molar-refractivity contribution in [3.8, 4) is 11.1 Å². The maximum absolute atomic E-state index is 6.07. The van der Waals surface area contributed by atoms with Gasteiger partial charge in [0.25, 0.3) is 0 Å². The largest absolute Gasteiger partial charge is 2.00 e. The van der Waals surface area contributed by atoms with Gasteiger partial charge in [-0.3, -0.25) is 0 Å². The summed E-state index contributed by atoms with van der Waals surface area (Å²) in [5.74, 6) is 0. The third-order valence-corrected chi connectivity index (χ3v) is 3.11. The summed E-state index contributed by atoms with van der Waals surface area (Å²) in [6, 6.07) is 16.1. The maximum Gasteiger partial charge on any atom is 2.00 e. The van der Waals surface area contributed by atoms with E-state index in [2.05, 4.69) is 13.0 Å². The number of unbranched alkanes of at least 4 members (excludes halogenated alkanes) is 1. The van der Waals surface area contributed by atoms with Gasteiger partial charge in [0.15, 0.2) is 0 Å². The van der Waals surface area contributed by atoms with Gasteiger partial charge in [-0.25, -0.2) is 0 Å². The molecule has 1 nitrogen and oxygen atoms in total. The van der Waals surface area contributed by atoms with Crippen molar-refractivity contribution in [2.75, 3.05) is 13.7 Å². The summed E-state index contributed by atoms with van der Waals surface area (Å²) in [6.07, 6.45) is 2.06. The van der Waals surface area contributed by atoms with Crippen LogP contribution in [0.5, 0.6) is 0 Å². The van der Waals surface area contributed by atoms with E-state index in [1.54, 1.807) is 13.2 Å². The molecule has 2 aromatic rings. The molecule has 0 aliphatic rings. The minimum Gasteiger partial charge on any atom is -0.385 e. The van der Waals surface area contributed by atoms with Crippen molar-refractivity contribution in [1.29, 1.82) is 0 Å². The smallest absolute Gasteiger partial charge is 0.385 e. The zero-order valence-corrected chi connectivity index (χ0v) is 16.4. The second-order valence-electron chi connectivity index (χ2n) is 4.11. The molecule has 112 valence electrons. The van der Waals surface area contributed by atoms with E-state index in [9.17, 15) is 0 Å². The predicted molar refractivity (Wildman–Crippen MR) is 87.2 cm³/mol. The van der Waals surface area contributed by atoms with Gasteiger partial charge in [-0.1, -0.05) is 35.7 Å². The average Bonchev–Trinajstić information content (AvgIpc) is 2.47. The van der Waals surface area contributed by atoms with Crippen LogP contribution >= 0.6 is 23.2 Å². The van der Waals surface area contributed by atoms with Crippen molar-refractivity contribution in [3.63, 3.8) is 0 Å². The van der Waals surface area contributed by atoms with Gasteiger partial charge in [-0.2, -0.15) is 36.8 Å². The molecule has 0 aromatic heterocycles. The molecule has 0 amide bonds. The monoisotopic (exact) mass is 492 g/mol. The summed E-state index contributed by atoms with van der Waals surface area (Å²) in [7, 11) is 1.70. The van der Waals surface area contributed by atoms with E-state index in [4.69, 9.17) is 27.9 Å². The number of hydrogen-bond acceptors (Lipinski definition) is 1. The summed E-state index contributed by atoms with van der Waals surface area (Å²) in [4.78, 5) is 0. The average molecular weight is 493 g/mol. The van der Waals surface area contributed by atoms with Gasteiger partial charge >= 0.3 is 21.1 Å². The van der Waals surface area contributed by atoms with E-state index in [1.165, 1.54) is 0 Å². The number of rotatable bonds is 4. The first-order valence-electron chi connectivity index (χ1n) is 6.38. The van der Waals surface area contributed by atoms with Gasteiger partial charge in [0, 0.05) is 23.8 Å². The Hall–Kier alpha value is -0.332. The van der Waals surface area contributed by atoms with E-state index in [-0.39, 0.29) is 21.1 Å². The van der Waals surface area contributed by atoms with Gasteiger partial charge in [0.2, 0.25) is 0 Å². The first kappa shape index (κ1) is 20.7. The van der Waals surface area contributed by atoms with Crippen LogP contribution in [-0.2, 0) is 25.8 Å². The van der Waals surface area contributed by atoms with Crippen LogP contribution in [0.15, 0.2) is 42.5 Å². The topological polar surface area (TPSA) is 9.23 Å². The van der Waals surface area contributed by atoms with Crippen LogP contribution in [-0.4, -0.2) is 13.7 Å². The molecule has 0 bridgehead atoms. The van der Waals surface area contributed by atoms with Gasteiger partial charge in [0.1, 0.15) is 0 Å². The van der Waals surface area contributed by atoms with Crippen molar-refractivity contribution in [2.24, 2.45) is 0 Å². The Balaban J connectivity index is 0.000000495. The van der Waals surface area contributed by atoms with Crippen LogP contribution in [0.3, 0.4) is 0 Å². The molecule has 0 radical (unpaired) electrons. The molecule has 0 atom stereocenters. The molecule has 0 heterocycles. The van der Waals surface area contributed by atoms with Crippen LogP contribution in [0.4, 0.5) is 0 Å². The SMILES string of the molecule is Clc1ccc(-c2cc[c-]cc2)c(Cl)c1.[CH2-]CCCOC.[W+2]. The van der Waals surface area contributed by atoms with E-state index in [0.29, 0.717) is 10.0 Å². The van der Waals surface area contributed by atoms with Crippen LogP contribution in [0.25, 0.3) is 11.1 Å². The van der Waals surface area contributed by atoms with Crippen molar-refractivity contribution in [3.05, 3.63) is 65.5 Å². The number of halogens is 2. The van der Waals surface area contributed by atoms with E-state index >= 15 is 0 Å². The molecule has 21 heavy (non-hydrogen) atoms. The minimum absolute atomic E-state index is 0. The Morgan fingerprint density at radius 2 is 1.81 bits per heavy atom. The number of benzene rings is 2. The maximum atomic E-state index is 6.07. The van der Waals surface area contributed by atoms with Crippen molar-refractivity contribution < 1.29 is 25.8 Å².